The Morgan fingerprint density at radius 2 is 0.831 bits per heavy atom. The van der Waals surface area contributed by atoms with Gasteiger partial charge in [0.05, 0.1) is 54.8 Å². The molecule has 12 atom stereocenters. The Bertz CT molecular complexity index is 4600. The Hall–Kier alpha value is -13.0. The van der Waals surface area contributed by atoms with Gasteiger partial charge in [0.25, 0.3) is 0 Å². The number of hydrogen-bond acceptors (Lipinski definition) is 20. The first kappa shape index (κ1) is 90.6. The molecule has 1 fully saturated rings. The minimum Gasteiger partial charge on any atom is -0.508 e. The van der Waals surface area contributed by atoms with E-state index in [1.54, 1.807) is 102 Å². The number of phenols is 1. The van der Waals surface area contributed by atoms with Crippen molar-refractivity contribution in [3.63, 3.8) is 0 Å². The van der Waals surface area contributed by atoms with Crippen molar-refractivity contribution >= 4 is 111 Å². The lowest BCUT2D eigenvalue weighted by Gasteiger charge is -2.28. The van der Waals surface area contributed by atoms with E-state index in [2.05, 4.69) is 104 Å². The normalized spacial score (nSPS) is 22.9. The summed E-state index contributed by atoms with van der Waals surface area (Å²) in [5.74, 6) is -17.1. The van der Waals surface area contributed by atoms with E-state index in [0.29, 0.717) is 27.6 Å². The van der Waals surface area contributed by atoms with E-state index in [1.807, 2.05) is 0 Å². The van der Waals surface area contributed by atoms with E-state index in [1.165, 1.54) is 68.8 Å². The summed E-state index contributed by atoms with van der Waals surface area (Å²) in [6.45, 7) is 11.2. The van der Waals surface area contributed by atoms with Gasteiger partial charge < -0.3 is 105 Å². The highest BCUT2D eigenvalue weighted by atomic mass is 32.2. The number of nitrogens with zero attached hydrogens (tertiary/aromatic N) is 3. The molecule has 5 heterocycles. The molecule has 8 rings (SSSR count). The number of aromatic hydroxyl groups is 1. The number of H-pyrrole nitrogens is 4. The third-order valence-corrected chi connectivity index (χ3v) is 19.9. The Morgan fingerprint density at radius 1 is 0.449 bits per heavy atom. The standard InChI is InChI=1S/C79H103N21O17S/c1-41(2)21-54-70(108)89-44(7)68(106)91-60(27-48-32-81-38-86-48)76(114)94-55(22-42(3)4)71(109)93-56(23-43(5)6)72(110)100-64(69(107)85-35-65(80)102)36-118-37-66(103)90-57(25-46-17-19-51(101)20-18-46)73(111)97-61(28-49-33-82-39-87-49)77(115)95-58(24-45-13-9-8-10-14-45)74(112)99-63(30-67(104)105)79(117)98-62(29-50-34-83-40-88-50)78(116)96-59(75(113)92-54)26-47-31-84-53-16-12-11-15-52(47)53/h8-20,31-34,38-44,54-64,84,101H,21-30,35-37H2,1-7H3,(H2,80,102)(H,81,86)(H,82,87)(H,83,88)(H,85,107)(H,89,108)(H,90,103)(H,91,106)(H,92,113)(H,93,109)(H,94,114)(H,95,115)(H,96,116)(H,97,111)(H,98,117)(H,99,112)(H,100,110)(H,104,105)/t44-,54-,55-,56-,57-,58-,59-,60-,61-,62-,63-,64-/m0/s1. The molecule has 0 radical (unpaired) electrons. The number of phenolic OH excluding ortho intramolecular Hbond substituents is 1. The van der Waals surface area contributed by atoms with Crippen LogP contribution >= 0.6 is 11.8 Å². The van der Waals surface area contributed by atoms with Crippen LogP contribution in [-0.4, -0.2) is 224 Å². The molecule has 0 unspecified atom stereocenters. The molecule has 14 amide bonds. The van der Waals surface area contributed by atoms with E-state index >= 15 is 19.2 Å². The van der Waals surface area contributed by atoms with Crippen molar-refractivity contribution in [2.24, 2.45) is 23.5 Å². The number of carboxylic acids is 1. The average Bonchev–Trinajstić information content (AvgIpc) is 1.65. The van der Waals surface area contributed by atoms with Gasteiger partial charge in [0.1, 0.15) is 78.3 Å². The quantitative estimate of drug-likeness (QED) is 0.0350. The Morgan fingerprint density at radius 3 is 1.28 bits per heavy atom. The minimum absolute atomic E-state index is 0.0274. The highest BCUT2D eigenvalue weighted by Gasteiger charge is 2.39. The Labute approximate surface area is 683 Å². The molecular formula is C79H103N21O17S. The number of fused-ring (bicyclic) bond motifs is 1. The maximum atomic E-state index is 15.2. The number of rotatable bonds is 23. The number of para-hydroxylation sites is 1. The number of hydrogen-bond donors (Lipinski definition) is 20. The van der Waals surface area contributed by atoms with Crippen molar-refractivity contribution in [2.75, 3.05) is 18.1 Å². The third-order valence-electron chi connectivity index (χ3n) is 18.9. The number of imidazole rings is 3. The number of aliphatic carboxylic acids is 1. The van der Waals surface area contributed by atoms with Crippen molar-refractivity contribution in [3.05, 3.63) is 156 Å². The predicted octanol–water partition coefficient (Wildman–Crippen LogP) is -1.40. The van der Waals surface area contributed by atoms with Crippen LogP contribution in [0.2, 0.25) is 0 Å². The van der Waals surface area contributed by atoms with E-state index in [4.69, 9.17) is 5.73 Å². The lowest BCUT2D eigenvalue weighted by atomic mass is 9.99. The number of aromatic nitrogens is 7. The first-order valence-electron chi connectivity index (χ1n) is 38.5. The van der Waals surface area contributed by atoms with Crippen LogP contribution in [0.5, 0.6) is 5.75 Å². The predicted molar refractivity (Wildman–Crippen MR) is 430 cm³/mol. The van der Waals surface area contributed by atoms with Gasteiger partial charge in [-0.05, 0) is 78.8 Å². The van der Waals surface area contributed by atoms with Crippen molar-refractivity contribution in [1.29, 1.82) is 0 Å². The monoisotopic (exact) mass is 1650 g/mol. The van der Waals surface area contributed by atoms with Crippen LogP contribution < -0.4 is 74.9 Å². The first-order chi connectivity index (χ1) is 56.2. The van der Waals surface area contributed by atoms with Crippen molar-refractivity contribution in [3.8, 4) is 5.75 Å². The average molecular weight is 1650 g/mol. The van der Waals surface area contributed by atoms with Gasteiger partial charge in [-0.2, -0.15) is 0 Å². The molecular weight excluding hydrogens is 1550 g/mol. The highest BCUT2D eigenvalue weighted by molar-refractivity contribution is 8.00. The lowest BCUT2D eigenvalue weighted by Crippen LogP contribution is -2.61. The summed E-state index contributed by atoms with van der Waals surface area (Å²) in [6, 6.07) is 1.88. The topological polar surface area (TPSA) is 581 Å². The molecule has 3 aromatic carbocycles. The van der Waals surface area contributed by atoms with Crippen molar-refractivity contribution in [2.45, 2.75) is 185 Å². The fourth-order valence-electron chi connectivity index (χ4n) is 12.9. The summed E-state index contributed by atoms with van der Waals surface area (Å²) in [7, 11) is 0. The number of aromatic amines is 4. The van der Waals surface area contributed by atoms with E-state index in [-0.39, 0.29) is 92.0 Å². The first-order valence-corrected chi connectivity index (χ1v) is 39.7. The Balaban J connectivity index is 1.19. The second-order valence-electron chi connectivity index (χ2n) is 30.1. The third kappa shape index (κ3) is 28.8. The molecule has 0 saturated carbocycles. The molecule has 0 spiro atoms. The van der Waals surface area contributed by atoms with E-state index in [9.17, 15) is 63.0 Å². The number of nitrogens with one attached hydrogen (secondary N) is 17. The molecule has 38 nitrogen and oxygen atoms in total. The largest absolute Gasteiger partial charge is 0.508 e. The summed E-state index contributed by atoms with van der Waals surface area (Å²) < 4.78 is 0. The lowest BCUT2D eigenvalue weighted by molar-refractivity contribution is -0.141. The minimum atomic E-state index is -2.02. The number of nitrogens with two attached hydrogens (primary N) is 1. The molecule has 118 heavy (non-hydrogen) atoms. The van der Waals surface area contributed by atoms with Crippen LogP contribution in [0.1, 0.15) is 108 Å². The van der Waals surface area contributed by atoms with Crippen LogP contribution in [0.25, 0.3) is 10.9 Å². The van der Waals surface area contributed by atoms with Gasteiger partial charge in [-0.3, -0.25) is 71.9 Å². The van der Waals surface area contributed by atoms with Crippen molar-refractivity contribution in [1.82, 2.24) is 104 Å². The molecule has 4 aromatic heterocycles. The zero-order valence-corrected chi connectivity index (χ0v) is 67.1. The van der Waals surface area contributed by atoms with Crippen LogP contribution in [0, 0.1) is 17.8 Å². The van der Waals surface area contributed by atoms with Gasteiger partial charge in [0.15, 0.2) is 0 Å². The number of primary amides is 1. The van der Waals surface area contributed by atoms with E-state index in [0.717, 1.165) is 11.8 Å². The zero-order valence-electron chi connectivity index (χ0n) is 66.2. The van der Waals surface area contributed by atoms with Gasteiger partial charge >= 0.3 is 5.97 Å². The van der Waals surface area contributed by atoms with Crippen molar-refractivity contribution < 1.29 is 82.1 Å². The van der Waals surface area contributed by atoms with Crippen LogP contribution in [0.3, 0.4) is 0 Å². The van der Waals surface area contributed by atoms with E-state index < -0.39 is 192 Å². The maximum absolute atomic E-state index is 15.2. The van der Waals surface area contributed by atoms with Gasteiger partial charge in [-0.15, -0.1) is 11.8 Å². The second-order valence-corrected chi connectivity index (χ2v) is 31.1. The van der Waals surface area contributed by atoms with Gasteiger partial charge in [0.2, 0.25) is 82.7 Å². The molecule has 1 saturated heterocycles. The summed E-state index contributed by atoms with van der Waals surface area (Å²) >= 11 is 0.790. The highest BCUT2D eigenvalue weighted by Crippen LogP contribution is 2.22. The number of amides is 14. The van der Waals surface area contributed by atoms with Gasteiger partial charge in [0, 0.05) is 80.0 Å². The van der Waals surface area contributed by atoms with Gasteiger partial charge in [-0.25, -0.2) is 15.0 Å². The van der Waals surface area contributed by atoms with Gasteiger partial charge in [-0.1, -0.05) is 102 Å². The summed E-state index contributed by atoms with van der Waals surface area (Å²) in [4.78, 5) is 241. The molecule has 1 aliphatic rings. The summed E-state index contributed by atoms with van der Waals surface area (Å²) in [5, 5.41) is 55.5. The summed E-state index contributed by atoms with van der Waals surface area (Å²) in [6.07, 6.45) is 6.67. The molecule has 1 aliphatic heterocycles. The SMILES string of the molecule is CC(C)C[C@@H]1NC(=O)[C@H](Cc2c[nH]c3ccccc23)NC(=O)[C@H](Cc2c[nH]cn2)NC(=O)[C@H](CC(=O)O)NC(=O)[C@H](Cc2ccccc2)NC(=O)[C@H](Cc2c[nH]cn2)NC(=O)[C@H](Cc2ccc(O)cc2)NC(=O)CSC[C@@H](C(=O)NCC(N)=O)NC(=O)[C@H](CC(C)C)NC(=O)[C@H](CC(C)C)NC(=O)[C@H](Cc2c[nH]cn2)NC(=O)[C@H](C)NC1=O. The number of carbonyl (C=O) groups excluding carboxylic acids is 14. The number of carboxylic acid groups (broad SMARTS) is 1. The fraction of sp³-hybridized carbons (Fsp3) is 0.443. The molecule has 0 aliphatic carbocycles. The smallest absolute Gasteiger partial charge is 0.305 e. The molecule has 7 aromatic rings. The summed E-state index contributed by atoms with van der Waals surface area (Å²) in [5.41, 5.74) is 8.07. The van der Waals surface area contributed by atoms with Crippen LogP contribution in [-0.2, 0) is 110 Å². The number of benzene rings is 3. The molecule has 632 valence electrons. The zero-order chi connectivity index (χ0) is 85.7. The Kier molecular flexibility index (Phi) is 33.9. The molecule has 39 heteroatoms. The number of thioether (sulfide) groups is 1. The van der Waals surface area contributed by atoms with Crippen LogP contribution in [0.15, 0.2) is 123 Å². The molecule has 0 bridgehead atoms. The maximum Gasteiger partial charge on any atom is 0.305 e. The molecule has 21 N–H and O–H groups in total. The number of carbonyl (C=O) groups is 15. The second kappa shape index (κ2) is 44.2. The van der Waals surface area contributed by atoms with Crippen LogP contribution in [0.4, 0.5) is 0 Å². The fourth-order valence-corrected chi connectivity index (χ4v) is 13.8.